The highest BCUT2D eigenvalue weighted by Gasteiger charge is 2.23. The molecule has 160 valence electrons. The van der Waals surface area contributed by atoms with E-state index in [1.54, 1.807) is 0 Å². The number of nitrogens with two attached hydrogens (primary N) is 1. The number of nitrogens with one attached hydrogen (secondary N) is 2. The first-order valence-electron chi connectivity index (χ1n) is 10.4. The second-order valence-electron chi connectivity index (χ2n) is 7.67. The van der Waals surface area contributed by atoms with E-state index in [4.69, 9.17) is 10.5 Å². The lowest BCUT2D eigenvalue weighted by molar-refractivity contribution is -0.124. The van der Waals surface area contributed by atoms with Gasteiger partial charge in [0.2, 0.25) is 0 Å². The van der Waals surface area contributed by atoms with Crippen LogP contribution in [0, 0.1) is 0 Å². The third-order valence-corrected chi connectivity index (χ3v) is 5.51. The van der Waals surface area contributed by atoms with E-state index in [9.17, 15) is 4.79 Å². The van der Waals surface area contributed by atoms with Gasteiger partial charge in [-0.15, -0.1) is 24.0 Å². The Bertz CT molecular complexity index is 910. The van der Waals surface area contributed by atoms with E-state index in [-0.39, 0.29) is 36.0 Å². The number of anilines is 2. The molecule has 1 saturated heterocycles. The van der Waals surface area contributed by atoms with Gasteiger partial charge >= 0.3 is 0 Å². The highest BCUT2D eigenvalue weighted by atomic mass is 127. The molecule has 0 saturated carbocycles. The van der Waals surface area contributed by atoms with Gasteiger partial charge in [-0.3, -0.25) is 4.79 Å². The Labute approximate surface area is 194 Å². The molecule has 0 radical (unpaired) electrons. The van der Waals surface area contributed by atoms with Crippen LogP contribution in [0.1, 0.15) is 42.4 Å². The number of rotatable bonds is 5. The second-order valence-corrected chi connectivity index (χ2v) is 7.67. The van der Waals surface area contributed by atoms with E-state index in [1.165, 1.54) is 24.0 Å². The van der Waals surface area contributed by atoms with Crippen molar-refractivity contribution in [2.45, 2.75) is 51.2 Å². The van der Waals surface area contributed by atoms with E-state index in [0.29, 0.717) is 19.1 Å². The summed E-state index contributed by atoms with van der Waals surface area (Å²) in [5.41, 5.74) is 11.7. The molecule has 4 rings (SSSR count). The molecular weight excluding hydrogens is 491 g/mol. The number of amides is 1. The summed E-state index contributed by atoms with van der Waals surface area (Å²) in [5.74, 6) is 0.316. The lowest BCUT2D eigenvalue weighted by Gasteiger charge is -2.19. The Hall–Kier alpha value is -2.13. The molecule has 0 spiro atoms. The maximum atomic E-state index is 12.2. The van der Waals surface area contributed by atoms with Crippen LogP contribution in [0.5, 0.6) is 0 Å². The van der Waals surface area contributed by atoms with Gasteiger partial charge in [-0.2, -0.15) is 0 Å². The number of benzene rings is 2. The number of fused-ring (bicyclic) bond motifs is 1. The summed E-state index contributed by atoms with van der Waals surface area (Å²) in [6.45, 7) is 1.10. The lowest BCUT2D eigenvalue weighted by atomic mass is 9.90. The first kappa shape index (κ1) is 22.6. The van der Waals surface area contributed by atoms with Crippen LogP contribution in [-0.4, -0.2) is 24.6 Å². The molecule has 30 heavy (non-hydrogen) atoms. The summed E-state index contributed by atoms with van der Waals surface area (Å²) < 4.78 is 5.43. The molecule has 2 aromatic carbocycles. The number of halogens is 1. The standard InChI is InChI=1S/C23H28N4O2.HI/c24-23(27-20-11-4-8-17-7-1-2-10-19(17)20)25-15-16-6-3-9-18(14-16)26-22(28)21-12-5-13-29-21;/h3-4,6,8-9,11,14,21H,1-2,5,7,10,12-13,15H2,(H,26,28)(H3,24,25,27);1H. The van der Waals surface area contributed by atoms with E-state index in [0.717, 1.165) is 42.6 Å². The molecular formula is C23H29IN4O2. The molecule has 0 aromatic heterocycles. The van der Waals surface area contributed by atoms with Gasteiger partial charge in [-0.25, -0.2) is 4.99 Å². The van der Waals surface area contributed by atoms with E-state index in [2.05, 4.69) is 33.8 Å². The molecule has 1 atom stereocenters. The number of aliphatic imine (C=N–C) groups is 1. The summed E-state index contributed by atoms with van der Waals surface area (Å²) in [6.07, 6.45) is 6.05. The normalized spacial score (nSPS) is 18.3. The van der Waals surface area contributed by atoms with Crippen molar-refractivity contribution < 1.29 is 9.53 Å². The van der Waals surface area contributed by atoms with Crippen molar-refractivity contribution in [3.63, 3.8) is 0 Å². The molecule has 1 heterocycles. The van der Waals surface area contributed by atoms with Crippen molar-refractivity contribution >= 4 is 47.2 Å². The highest BCUT2D eigenvalue weighted by Crippen LogP contribution is 2.27. The third kappa shape index (κ3) is 5.72. The third-order valence-electron chi connectivity index (χ3n) is 5.51. The molecule has 2 aromatic rings. The van der Waals surface area contributed by atoms with Crippen molar-refractivity contribution in [3.8, 4) is 0 Å². The van der Waals surface area contributed by atoms with E-state index < -0.39 is 0 Å². The van der Waals surface area contributed by atoms with Gasteiger partial charge in [-0.05, 0) is 73.4 Å². The number of ether oxygens (including phenoxy) is 1. The zero-order valence-corrected chi connectivity index (χ0v) is 19.4. The van der Waals surface area contributed by atoms with Crippen LogP contribution in [0.2, 0.25) is 0 Å². The molecule has 1 aliphatic carbocycles. The Morgan fingerprint density at radius 2 is 1.93 bits per heavy atom. The molecule has 1 fully saturated rings. The van der Waals surface area contributed by atoms with Gasteiger partial charge in [0, 0.05) is 18.0 Å². The number of hydrogen-bond donors (Lipinski definition) is 3. The van der Waals surface area contributed by atoms with Crippen LogP contribution in [0.15, 0.2) is 47.5 Å². The Morgan fingerprint density at radius 1 is 1.10 bits per heavy atom. The number of guanidine groups is 1. The van der Waals surface area contributed by atoms with E-state index >= 15 is 0 Å². The quantitative estimate of drug-likeness (QED) is 0.313. The highest BCUT2D eigenvalue weighted by molar-refractivity contribution is 14.0. The van der Waals surface area contributed by atoms with Crippen molar-refractivity contribution in [1.29, 1.82) is 0 Å². The maximum Gasteiger partial charge on any atom is 0.253 e. The maximum absolute atomic E-state index is 12.2. The summed E-state index contributed by atoms with van der Waals surface area (Å²) >= 11 is 0. The molecule has 4 N–H and O–H groups in total. The van der Waals surface area contributed by atoms with E-state index in [1.807, 2.05) is 24.3 Å². The van der Waals surface area contributed by atoms with Gasteiger partial charge in [0.05, 0.1) is 6.54 Å². The van der Waals surface area contributed by atoms with Crippen LogP contribution in [0.3, 0.4) is 0 Å². The van der Waals surface area contributed by atoms with Gasteiger partial charge in [-0.1, -0.05) is 24.3 Å². The minimum atomic E-state index is -0.340. The minimum Gasteiger partial charge on any atom is -0.370 e. The van der Waals surface area contributed by atoms with Crippen molar-refractivity contribution in [1.82, 2.24) is 0 Å². The molecule has 6 nitrogen and oxygen atoms in total. The van der Waals surface area contributed by atoms with Gasteiger partial charge < -0.3 is 21.1 Å². The van der Waals surface area contributed by atoms with Gasteiger partial charge in [0.15, 0.2) is 5.96 Å². The summed E-state index contributed by atoms with van der Waals surface area (Å²) in [7, 11) is 0. The zero-order valence-electron chi connectivity index (χ0n) is 17.0. The zero-order chi connectivity index (χ0) is 20.1. The lowest BCUT2D eigenvalue weighted by Crippen LogP contribution is -2.26. The molecule has 7 heteroatoms. The topological polar surface area (TPSA) is 88.7 Å². The fourth-order valence-corrected chi connectivity index (χ4v) is 4.01. The van der Waals surface area contributed by atoms with Crippen LogP contribution >= 0.6 is 24.0 Å². The monoisotopic (exact) mass is 520 g/mol. The van der Waals surface area contributed by atoms with Gasteiger partial charge in [0.25, 0.3) is 5.91 Å². The second kappa shape index (κ2) is 10.8. The predicted molar refractivity (Wildman–Crippen MR) is 131 cm³/mol. The Morgan fingerprint density at radius 3 is 2.77 bits per heavy atom. The number of carbonyl (C=O) groups is 1. The number of nitrogens with zero attached hydrogens (tertiary/aromatic N) is 1. The first-order valence-corrected chi connectivity index (χ1v) is 10.4. The summed E-state index contributed by atoms with van der Waals surface area (Å²) in [4.78, 5) is 16.7. The summed E-state index contributed by atoms with van der Waals surface area (Å²) in [5, 5.41) is 6.19. The van der Waals surface area contributed by atoms with Crippen LogP contribution in [0.4, 0.5) is 11.4 Å². The Balaban J connectivity index is 0.00000256. The minimum absolute atomic E-state index is 0. The molecule has 1 unspecified atom stereocenters. The molecule has 2 aliphatic rings. The van der Waals surface area contributed by atoms with Crippen molar-refractivity contribution in [2.75, 3.05) is 17.2 Å². The SMILES string of the molecule is I.NC(=NCc1cccc(NC(=O)C2CCCO2)c1)Nc1cccc2c1CCCC2. The molecule has 1 aliphatic heterocycles. The fourth-order valence-electron chi connectivity index (χ4n) is 4.01. The summed E-state index contributed by atoms with van der Waals surface area (Å²) in [6, 6.07) is 14.0. The number of carbonyl (C=O) groups excluding carboxylic acids is 1. The molecule has 1 amide bonds. The molecule has 0 bridgehead atoms. The largest absolute Gasteiger partial charge is 0.370 e. The van der Waals surface area contributed by atoms with Crippen LogP contribution in [-0.2, 0) is 28.9 Å². The Kier molecular flexibility index (Phi) is 8.09. The smallest absolute Gasteiger partial charge is 0.253 e. The number of hydrogen-bond acceptors (Lipinski definition) is 3. The predicted octanol–water partition coefficient (Wildman–Crippen LogP) is 4.23. The average Bonchev–Trinajstić information content (AvgIpc) is 3.28. The average molecular weight is 520 g/mol. The number of aryl methyl sites for hydroxylation is 1. The van der Waals surface area contributed by atoms with Gasteiger partial charge in [0.1, 0.15) is 6.10 Å². The fraction of sp³-hybridized carbons (Fsp3) is 0.391. The van der Waals surface area contributed by atoms with Crippen LogP contribution in [0.25, 0.3) is 0 Å². The van der Waals surface area contributed by atoms with Crippen molar-refractivity contribution in [2.24, 2.45) is 10.7 Å². The first-order chi connectivity index (χ1) is 14.2. The van der Waals surface area contributed by atoms with Crippen LogP contribution < -0.4 is 16.4 Å². The van der Waals surface area contributed by atoms with Crippen molar-refractivity contribution in [3.05, 3.63) is 59.2 Å².